The summed E-state index contributed by atoms with van der Waals surface area (Å²) in [4.78, 5) is 26.5. The fourth-order valence-electron chi connectivity index (χ4n) is 3.24. The molecule has 0 unspecified atom stereocenters. The van der Waals surface area contributed by atoms with Crippen molar-refractivity contribution in [1.82, 2.24) is 4.90 Å². The number of hydrogen-bond acceptors (Lipinski definition) is 5. The number of nitrogens with zero attached hydrogens (tertiary/aromatic N) is 1. The Labute approximate surface area is 195 Å². The van der Waals surface area contributed by atoms with E-state index in [1.54, 1.807) is 42.5 Å². The number of halogens is 1. The number of rotatable bonds is 6. The molecule has 164 valence electrons. The van der Waals surface area contributed by atoms with Crippen LogP contribution < -0.4 is 5.46 Å². The van der Waals surface area contributed by atoms with E-state index in [2.05, 4.69) is 0 Å². The Balaban J connectivity index is 1.42. The normalized spacial score (nSPS) is 15.1. The summed E-state index contributed by atoms with van der Waals surface area (Å²) >= 11 is 0.889. The van der Waals surface area contributed by atoms with E-state index in [0.29, 0.717) is 15.9 Å². The van der Waals surface area contributed by atoms with Crippen LogP contribution in [-0.2, 0) is 11.3 Å². The lowest BCUT2D eigenvalue weighted by Crippen LogP contribution is -2.29. The highest BCUT2D eigenvalue weighted by Crippen LogP contribution is 2.33. The molecule has 0 bridgehead atoms. The van der Waals surface area contributed by atoms with E-state index < -0.39 is 7.12 Å². The molecule has 5 nitrogen and oxygen atoms in total. The molecule has 1 aliphatic rings. The molecule has 1 heterocycles. The van der Waals surface area contributed by atoms with E-state index in [1.165, 1.54) is 12.1 Å². The van der Waals surface area contributed by atoms with E-state index in [1.807, 2.05) is 36.4 Å². The molecule has 0 atom stereocenters. The molecule has 4 rings (SSSR count). The third-order valence-corrected chi connectivity index (χ3v) is 5.97. The van der Waals surface area contributed by atoms with Crippen molar-refractivity contribution in [1.29, 1.82) is 0 Å². The molecular formula is C25H19BFNO4S. The van der Waals surface area contributed by atoms with Gasteiger partial charge in [-0.25, -0.2) is 4.39 Å². The van der Waals surface area contributed by atoms with Crippen molar-refractivity contribution in [2.75, 3.05) is 0 Å². The van der Waals surface area contributed by atoms with Crippen LogP contribution in [0.5, 0.6) is 0 Å². The zero-order valence-electron chi connectivity index (χ0n) is 17.4. The summed E-state index contributed by atoms with van der Waals surface area (Å²) in [7, 11) is -1.49. The average molecular weight is 459 g/mol. The van der Waals surface area contributed by atoms with Gasteiger partial charge in [0.15, 0.2) is 0 Å². The van der Waals surface area contributed by atoms with Gasteiger partial charge in [0.1, 0.15) is 5.82 Å². The second-order valence-electron chi connectivity index (χ2n) is 7.43. The number of imide groups is 1. The highest BCUT2D eigenvalue weighted by atomic mass is 32.2. The second-order valence-corrected chi connectivity index (χ2v) is 8.43. The van der Waals surface area contributed by atoms with E-state index in [4.69, 9.17) is 10.0 Å². The van der Waals surface area contributed by atoms with Crippen LogP contribution in [0.3, 0.4) is 0 Å². The first-order chi connectivity index (χ1) is 15.9. The number of carbonyl (C=O) groups is 2. The molecule has 3 aromatic carbocycles. The molecule has 0 radical (unpaired) electrons. The largest absolute Gasteiger partial charge is 0.488 e. The van der Waals surface area contributed by atoms with Gasteiger partial charge in [0.05, 0.1) is 11.4 Å². The van der Waals surface area contributed by atoms with Gasteiger partial charge < -0.3 is 10.0 Å². The van der Waals surface area contributed by atoms with Crippen molar-refractivity contribution in [3.63, 3.8) is 0 Å². The SMILES string of the molecule is O=C1S/C(=C\c2ccc(/C=C/c3ccc(B(O)O)cc3)cc2)C(=O)N1Cc1ccc(F)cc1. The standard InChI is InChI=1S/C25H19BFNO4S/c27-22-13-9-20(10-14-22)16-28-24(29)23(33-25(28)30)15-19-5-3-17(4-6-19)1-2-18-7-11-21(12-8-18)26(31)32/h1-15,31-32H,16H2/b2-1+,23-15-. The minimum absolute atomic E-state index is 0.101. The molecule has 2 N–H and O–H groups in total. The lowest BCUT2D eigenvalue weighted by atomic mass is 9.80. The number of thioether (sulfide) groups is 1. The van der Waals surface area contributed by atoms with Crippen molar-refractivity contribution in [2.24, 2.45) is 0 Å². The van der Waals surface area contributed by atoms with E-state index in [9.17, 15) is 14.0 Å². The summed E-state index contributed by atoms with van der Waals surface area (Å²) in [5, 5.41) is 17.9. The molecule has 1 aliphatic heterocycles. The Morgan fingerprint density at radius 2 is 1.36 bits per heavy atom. The topological polar surface area (TPSA) is 77.8 Å². The summed E-state index contributed by atoms with van der Waals surface area (Å²) in [5.41, 5.74) is 3.76. The lowest BCUT2D eigenvalue weighted by Gasteiger charge is -2.12. The maximum absolute atomic E-state index is 13.1. The maximum Gasteiger partial charge on any atom is 0.488 e. The first-order valence-electron chi connectivity index (χ1n) is 10.1. The molecular weight excluding hydrogens is 440 g/mol. The Kier molecular flexibility index (Phi) is 6.89. The van der Waals surface area contributed by atoms with Crippen molar-refractivity contribution >= 4 is 53.7 Å². The number of hydrogen-bond donors (Lipinski definition) is 2. The summed E-state index contributed by atoms with van der Waals surface area (Å²) in [6.45, 7) is 0.101. The Bertz CT molecular complexity index is 1220. The van der Waals surface area contributed by atoms with Crippen LogP contribution >= 0.6 is 11.8 Å². The van der Waals surface area contributed by atoms with Crippen LogP contribution in [0.15, 0.2) is 77.7 Å². The molecule has 0 saturated carbocycles. The molecule has 8 heteroatoms. The smallest absolute Gasteiger partial charge is 0.423 e. The van der Waals surface area contributed by atoms with Gasteiger partial charge >= 0.3 is 7.12 Å². The van der Waals surface area contributed by atoms with Crippen molar-refractivity contribution < 1.29 is 24.0 Å². The van der Waals surface area contributed by atoms with E-state index >= 15 is 0 Å². The van der Waals surface area contributed by atoms with Gasteiger partial charge in [0.25, 0.3) is 11.1 Å². The highest BCUT2D eigenvalue weighted by molar-refractivity contribution is 8.18. The van der Waals surface area contributed by atoms with E-state index in [-0.39, 0.29) is 23.5 Å². The monoisotopic (exact) mass is 459 g/mol. The molecule has 0 spiro atoms. The quantitative estimate of drug-likeness (QED) is 0.332. The maximum atomic E-state index is 13.1. The van der Waals surface area contributed by atoms with Gasteiger partial charge in [-0.05, 0) is 57.7 Å². The minimum Gasteiger partial charge on any atom is -0.423 e. The highest BCUT2D eigenvalue weighted by Gasteiger charge is 2.34. The summed E-state index contributed by atoms with van der Waals surface area (Å²) in [6.07, 6.45) is 5.51. The van der Waals surface area contributed by atoms with E-state index in [0.717, 1.165) is 33.4 Å². The van der Waals surface area contributed by atoms with Crippen LogP contribution in [0.25, 0.3) is 18.2 Å². The number of amides is 2. The van der Waals surface area contributed by atoms with Crippen molar-refractivity contribution in [3.05, 3.63) is 106 Å². The van der Waals surface area contributed by atoms with Crippen LogP contribution in [0.2, 0.25) is 0 Å². The molecule has 0 aromatic heterocycles. The molecule has 3 aromatic rings. The zero-order valence-corrected chi connectivity index (χ0v) is 18.2. The fraction of sp³-hybridized carbons (Fsp3) is 0.0400. The van der Waals surface area contributed by atoms with Gasteiger partial charge in [0.2, 0.25) is 0 Å². The van der Waals surface area contributed by atoms with Gasteiger partial charge in [-0.1, -0.05) is 72.8 Å². The summed E-state index contributed by atoms with van der Waals surface area (Å²) in [5.74, 6) is -0.736. The third kappa shape index (κ3) is 5.67. The second kappa shape index (κ2) is 10.00. The van der Waals surface area contributed by atoms with Gasteiger partial charge in [0, 0.05) is 0 Å². The van der Waals surface area contributed by atoms with Crippen LogP contribution in [0.1, 0.15) is 22.3 Å². The molecule has 0 aliphatic carbocycles. The first-order valence-corrected chi connectivity index (χ1v) is 10.9. The Morgan fingerprint density at radius 1 is 0.818 bits per heavy atom. The minimum atomic E-state index is -1.49. The predicted octanol–water partition coefficient (Wildman–Crippen LogP) is 3.91. The lowest BCUT2D eigenvalue weighted by molar-refractivity contribution is -0.123. The van der Waals surface area contributed by atoms with Crippen LogP contribution in [0.4, 0.5) is 9.18 Å². The van der Waals surface area contributed by atoms with Crippen LogP contribution in [0, 0.1) is 5.82 Å². The van der Waals surface area contributed by atoms with Gasteiger partial charge in [-0.3, -0.25) is 14.5 Å². The third-order valence-electron chi connectivity index (χ3n) is 5.06. The Hall–Kier alpha value is -3.46. The predicted molar refractivity (Wildman–Crippen MR) is 130 cm³/mol. The first kappa shape index (κ1) is 22.7. The fourth-order valence-corrected chi connectivity index (χ4v) is 4.07. The van der Waals surface area contributed by atoms with Crippen molar-refractivity contribution in [2.45, 2.75) is 6.54 Å². The van der Waals surface area contributed by atoms with Gasteiger partial charge in [-0.15, -0.1) is 0 Å². The molecule has 33 heavy (non-hydrogen) atoms. The van der Waals surface area contributed by atoms with Crippen molar-refractivity contribution in [3.8, 4) is 0 Å². The summed E-state index contributed by atoms with van der Waals surface area (Å²) in [6, 6.07) is 20.1. The number of carbonyl (C=O) groups excluding carboxylic acids is 2. The molecule has 1 fully saturated rings. The molecule has 1 saturated heterocycles. The summed E-state index contributed by atoms with van der Waals surface area (Å²) < 4.78 is 13.1. The number of benzene rings is 3. The molecule has 2 amide bonds. The van der Waals surface area contributed by atoms with Gasteiger partial charge in [-0.2, -0.15) is 0 Å². The Morgan fingerprint density at radius 3 is 1.94 bits per heavy atom. The average Bonchev–Trinajstić information content (AvgIpc) is 3.07. The zero-order chi connectivity index (χ0) is 23.4. The van der Waals surface area contributed by atoms with Crippen LogP contribution in [-0.4, -0.2) is 33.2 Å².